The molecule has 1 N–H and O–H groups in total. The van der Waals surface area contributed by atoms with E-state index in [0.717, 1.165) is 142 Å². The number of piperazine rings is 1. The highest BCUT2D eigenvalue weighted by Gasteiger charge is 2.38. The molecule has 0 aliphatic carbocycles. The van der Waals surface area contributed by atoms with Crippen LogP contribution in [0.15, 0.2) is 219 Å². The lowest BCUT2D eigenvalue weighted by Crippen LogP contribution is -2.47. The van der Waals surface area contributed by atoms with Crippen LogP contribution in [0.25, 0.3) is 0 Å². The average molecular weight is 1270 g/mol. The molecule has 1 heterocycles. The van der Waals surface area contributed by atoms with Crippen LogP contribution in [0, 0.1) is 5.41 Å². The Morgan fingerprint density at radius 3 is 0.707 bits per heavy atom. The summed E-state index contributed by atoms with van der Waals surface area (Å²) >= 11 is 0. The molecule has 0 amide bonds. The summed E-state index contributed by atoms with van der Waals surface area (Å²) in [4.78, 5) is 58.0. The number of allylic oxidation sites excluding steroid dienone is 36. The molecule has 0 aromatic carbocycles. The van der Waals surface area contributed by atoms with Crippen molar-refractivity contribution in [3.05, 3.63) is 219 Å². The average Bonchev–Trinajstić information content (AvgIpc) is 1.29. The third-order valence-corrected chi connectivity index (χ3v) is 14.2. The third-order valence-electron chi connectivity index (χ3n) is 14.2. The van der Waals surface area contributed by atoms with E-state index in [9.17, 15) is 24.3 Å². The minimum Gasteiger partial charge on any atom is -0.465 e. The van der Waals surface area contributed by atoms with Gasteiger partial charge in [0.2, 0.25) is 0 Å². The number of aliphatic hydroxyl groups is 1. The van der Waals surface area contributed by atoms with E-state index in [4.69, 9.17) is 18.9 Å². The fourth-order valence-electron chi connectivity index (χ4n) is 8.82. The Bertz CT molecular complexity index is 2200. The van der Waals surface area contributed by atoms with Gasteiger partial charge in [0.15, 0.2) is 0 Å². The van der Waals surface area contributed by atoms with Crippen molar-refractivity contribution in [2.75, 3.05) is 72.3 Å². The maximum atomic E-state index is 13.4. The Morgan fingerprint density at radius 1 is 0.293 bits per heavy atom. The molecule has 11 heteroatoms. The summed E-state index contributed by atoms with van der Waals surface area (Å²) in [7, 11) is 0. The molecular formula is C81H120N2O9. The van der Waals surface area contributed by atoms with Crippen LogP contribution in [-0.4, -0.2) is 111 Å². The molecule has 1 saturated heterocycles. The fourth-order valence-corrected chi connectivity index (χ4v) is 8.82. The van der Waals surface area contributed by atoms with Crippen LogP contribution >= 0.6 is 0 Å². The zero-order valence-corrected chi connectivity index (χ0v) is 57.1. The number of rotatable bonds is 56. The second-order valence-corrected chi connectivity index (χ2v) is 22.5. The minimum atomic E-state index is -1.36. The second kappa shape index (κ2) is 65.6. The number of nitrogens with zero attached hydrogens (tertiary/aromatic N) is 2. The van der Waals surface area contributed by atoms with E-state index in [0.29, 0.717) is 38.8 Å². The Balaban J connectivity index is 3.00. The maximum absolute atomic E-state index is 13.4. The Labute approximate surface area is 558 Å². The first-order valence-corrected chi connectivity index (χ1v) is 34.6. The first-order valence-electron chi connectivity index (χ1n) is 34.6. The molecule has 1 aliphatic heterocycles. The van der Waals surface area contributed by atoms with Crippen molar-refractivity contribution in [1.29, 1.82) is 0 Å². The van der Waals surface area contributed by atoms with Gasteiger partial charge in [0, 0.05) is 58.4 Å². The number of carbonyl (C=O) groups is 4. The number of carbonyl (C=O) groups excluding carboxylic acids is 4. The van der Waals surface area contributed by atoms with Crippen molar-refractivity contribution in [3.63, 3.8) is 0 Å². The first kappa shape index (κ1) is 83.1. The topological polar surface area (TPSA) is 132 Å². The summed E-state index contributed by atoms with van der Waals surface area (Å²) < 4.78 is 23.5. The molecule has 0 saturated carbocycles. The number of β-amino-alcohol motifs (C(OH)–C–C–N with tert-alkyl or cyclic N) is 1. The van der Waals surface area contributed by atoms with Gasteiger partial charge in [-0.3, -0.25) is 24.1 Å². The summed E-state index contributed by atoms with van der Waals surface area (Å²) in [5.74, 6) is -1.89. The van der Waals surface area contributed by atoms with Crippen LogP contribution in [-0.2, 0) is 38.1 Å². The molecule has 508 valence electrons. The van der Waals surface area contributed by atoms with E-state index in [1.54, 1.807) is 0 Å². The van der Waals surface area contributed by atoms with Gasteiger partial charge in [-0.1, -0.05) is 240 Å². The zero-order chi connectivity index (χ0) is 66.4. The van der Waals surface area contributed by atoms with Crippen LogP contribution in [0.3, 0.4) is 0 Å². The van der Waals surface area contributed by atoms with E-state index in [1.165, 1.54) is 0 Å². The molecule has 1 rings (SSSR count). The molecule has 0 spiro atoms. The van der Waals surface area contributed by atoms with Crippen molar-refractivity contribution < 1.29 is 43.2 Å². The third kappa shape index (κ3) is 57.0. The summed E-state index contributed by atoms with van der Waals surface area (Å²) in [6.07, 6.45) is 95.7. The normalized spacial score (nSPS) is 14.7. The van der Waals surface area contributed by atoms with E-state index >= 15 is 0 Å². The number of hydrogen-bond donors (Lipinski definition) is 1. The van der Waals surface area contributed by atoms with E-state index in [-0.39, 0.29) is 58.7 Å². The van der Waals surface area contributed by atoms with E-state index in [2.05, 4.69) is 213 Å². The van der Waals surface area contributed by atoms with Gasteiger partial charge in [0.1, 0.15) is 31.8 Å². The molecule has 0 bridgehead atoms. The molecule has 0 unspecified atom stereocenters. The highest BCUT2D eigenvalue weighted by molar-refractivity contribution is 5.71. The molecule has 1 aliphatic rings. The van der Waals surface area contributed by atoms with Crippen LogP contribution in [0.5, 0.6) is 0 Å². The number of aliphatic hydroxyl groups excluding tert-OH is 1. The van der Waals surface area contributed by atoms with Crippen molar-refractivity contribution in [2.45, 2.75) is 188 Å². The lowest BCUT2D eigenvalue weighted by molar-refractivity contribution is -0.170. The fraction of sp³-hybridized carbons (Fsp3) is 0.506. The van der Waals surface area contributed by atoms with Crippen molar-refractivity contribution in [1.82, 2.24) is 9.80 Å². The second-order valence-electron chi connectivity index (χ2n) is 22.5. The van der Waals surface area contributed by atoms with Gasteiger partial charge in [0.05, 0.1) is 6.61 Å². The van der Waals surface area contributed by atoms with Gasteiger partial charge >= 0.3 is 23.9 Å². The van der Waals surface area contributed by atoms with Crippen LogP contribution < -0.4 is 0 Å². The minimum absolute atomic E-state index is 0.101. The predicted octanol–water partition coefficient (Wildman–Crippen LogP) is 19.0. The Kier molecular flexibility index (Phi) is 59.2. The van der Waals surface area contributed by atoms with E-state index in [1.807, 2.05) is 36.5 Å². The standard InChI is InChI=1S/C81H120N2O9/c1-4-7-10-13-16-19-22-25-28-31-34-37-40-43-46-49-52-55-58-62-77(85)89-73-81(76-92-80(88)65-61-66-82-67-69-83(70-68-82)71-72-84,74-90-78(86)63-59-56-53-50-47-44-41-38-35-32-29-26-23-20-17-14-11-8-5-2)75-91-79(87)64-60-57-54-51-48-45-42-39-36-33-30-27-24-21-18-15-12-9-6-3/h7-12,16-21,25-30,34-39,43-48,52-57,84H,4-6,13-15,22-24,31-33,40-42,49-51,58-76H2,1-3H3/b10-7-,11-8-,12-9-,19-16-,20-17-,21-18-,28-25-,29-26-,30-27-,37-34-,38-35-,39-36-,46-43-,47-44-,48-45-,55-52-,56-53-,57-54-. The smallest absolute Gasteiger partial charge is 0.306 e. The maximum Gasteiger partial charge on any atom is 0.306 e. The van der Waals surface area contributed by atoms with E-state index < -0.39 is 29.3 Å². The van der Waals surface area contributed by atoms with Crippen molar-refractivity contribution >= 4 is 23.9 Å². The zero-order valence-electron chi connectivity index (χ0n) is 57.1. The molecule has 0 aromatic rings. The molecule has 0 radical (unpaired) electrons. The predicted molar refractivity (Wildman–Crippen MR) is 388 cm³/mol. The molecule has 0 aromatic heterocycles. The first-order chi connectivity index (χ1) is 45.3. The van der Waals surface area contributed by atoms with Crippen LogP contribution in [0.2, 0.25) is 0 Å². The summed E-state index contributed by atoms with van der Waals surface area (Å²) in [6.45, 7) is 10.1. The Hall–Kier alpha value is -6.92. The van der Waals surface area contributed by atoms with Gasteiger partial charge in [-0.25, -0.2) is 0 Å². The SMILES string of the molecule is CC/C=C\C/C=C\C/C=C\C/C=C\C/C=C\C/C=C\CCC(=O)OCC(COC(=O)CC/C=C\C/C=C\C/C=C\C/C=C\C/C=C\C/C=C\CC)(COC(=O)CC/C=C\C/C=C\C/C=C\C/C=C\C/C=C\C/C=C\CC)COC(=O)CCCN1CCN(CCO)CC1. The van der Waals surface area contributed by atoms with Gasteiger partial charge in [0.25, 0.3) is 0 Å². The summed E-state index contributed by atoms with van der Waals surface area (Å²) in [5.41, 5.74) is -1.36. The molecule has 0 atom stereocenters. The molecular weight excluding hydrogens is 1140 g/mol. The lowest BCUT2D eigenvalue weighted by Gasteiger charge is -2.34. The molecule has 92 heavy (non-hydrogen) atoms. The number of esters is 4. The largest absolute Gasteiger partial charge is 0.465 e. The van der Waals surface area contributed by atoms with Gasteiger partial charge < -0.3 is 29.0 Å². The summed E-state index contributed by atoms with van der Waals surface area (Å²) in [5, 5.41) is 9.35. The number of ether oxygens (including phenoxy) is 4. The lowest BCUT2D eigenvalue weighted by atomic mass is 9.92. The highest BCUT2D eigenvalue weighted by Crippen LogP contribution is 2.23. The molecule has 1 fully saturated rings. The number of hydrogen-bond acceptors (Lipinski definition) is 11. The summed E-state index contributed by atoms with van der Waals surface area (Å²) in [6, 6.07) is 0. The monoisotopic (exact) mass is 1260 g/mol. The van der Waals surface area contributed by atoms with Crippen LogP contribution in [0.1, 0.15) is 188 Å². The Morgan fingerprint density at radius 2 is 0.489 bits per heavy atom. The van der Waals surface area contributed by atoms with Crippen molar-refractivity contribution in [3.8, 4) is 0 Å². The van der Waals surface area contributed by atoms with Gasteiger partial charge in [-0.15, -0.1) is 0 Å². The van der Waals surface area contributed by atoms with Gasteiger partial charge in [-0.2, -0.15) is 0 Å². The quantitative estimate of drug-likeness (QED) is 0.0355. The molecule has 11 nitrogen and oxygen atoms in total. The van der Waals surface area contributed by atoms with Crippen molar-refractivity contribution in [2.24, 2.45) is 5.41 Å². The van der Waals surface area contributed by atoms with Gasteiger partial charge in [-0.05, 0) is 148 Å². The van der Waals surface area contributed by atoms with Crippen LogP contribution in [0.4, 0.5) is 0 Å². The highest BCUT2D eigenvalue weighted by atomic mass is 16.6.